The molecule has 23 heavy (non-hydrogen) atoms. The molecule has 1 N–H and O–H groups in total. The zero-order valence-corrected chi connectivity index (χ0v) is 13.6. The monoisotopic (exact) mass is 323 g/mol. The second-order valence-corrected chi connectivity index (χ2v) is 6.17. The smallest absolute Gasteiger partial charge is 0.247 e. The lowest BCUT2D eigenvalue weighted by Crippen LogP contribution is -2.45. The summed E-state index contributed by atoms with van der Waals surface area (Å²) in [5.41, 5.74) is 0. The molecule has 0 spiro atoms. The van der Waals surface area contributed by atoms with Gasteiger partial charge < -0.3 is 10.1 Å². The molecule has 2 aliphatic rings. The molecule has 2 fully saturated rings. The molecule has 0 aliphatic carbocycles. The van der Waals surface area contributed by atoms with Crippen molar-refractivity contribution in [2.75, 3.05) is 20.1 Å². The van der Waals surface area contributed by atoms with E-state index in [4.69, 9.17) is 0 Å². The van der Waals surface area contributed by atoms with Crippen LogP contribution in [0, 0.1) is 0 Å². The van der Waals surface area contributed by atoms with Gasteiger partial charge in [0.05, 0.1) is 18.5 Å². The standard InChI is InChI=1S/C16H25N3O4/c1-17-14(21)7-3-2-4-8-19-15(22)10-13(16(19)23)18-9-5-6-12(18)11-20/h11-13H,2-10H2,1H3,(H,17,21)/t12-,13?/m0/s1. The molecule has 2 rings (SSSR count). The van der Waals surface area contributed by atoms with E-state index in [1.807, 2.05) is 4.90 Å². The number of imide groups is 1. The Morgan fingerprint density at radius 1 is 1.30 bits per heavy atom. The van der Waals surface area contributed by atoms with Crippen LogP contribution in [0.2, 0.25) is 0 Å². The molecular weight excluding hydrogens is 298 g/mol. The first-order valence-electron chi connectivity index (χ1n) is 8.34. The van der Waals surface area contributed by atoms with Gasteiger partial charge in [0.2, 0.25) is 17.7 Å². The summed E-state index contributed by atoms with van der Waals surface area (Å²) < 4.78 is 0. The zero-order chi connectivity index (χ0) is 16.8. The zero-order valence-electron chi connectivity index (χ0n) is 13.6. The van der Waals surface area contributed by atoms with Gasteiger partial charge in [-0.15, -0.1) is 0 Å². The van der Waals surface area contributed by atoms with E-state index in [1.54, 1.807) is 7.05 Å². The van der Waals surface area contributed by atoms with Gasteiger partial charge in [0.15, 0.2) is 0 Å². The molecule has 128 valence electrons. The lowest BCUT2D eigenvalue weighted by Gasteiger charge is -2.25. The molecule has 0 aromatic rings. The normalized spacial score (nSPS) is 25.2. The topological polar surface area (TPSA) is 86.8 Å². The molecule has 0 bridgehead atoms. The molecule has 0 saturated carbocycles. The van der Waals surface area contributed by atoms with Gasteiger partial charge in [-0.1, -0.05) is 6.42 Å². The summed E-state index contributed by atoms with van der Waals surface area (Å²) in [6.45, 7) is 1.11. The van der Waals surface area contributed by atoms with Crippen molar-refractivity contribution >= 4 is 24.0 Å². The highest BCUT2D eigenvalue weighted by molar-refractivity contribution is 6.05. The Morgan fingerprint density at radius 3 is 2.78 bits per heavy atom. The maximum atomic E-state index is 12.5. The molecule has 2 aliphatic heterocycles. The van der Waals surface area contributed by atoms with Gasteiger partial charge in [-0.25, -0.2) is 0 Å². The number of carbonyl (C=O) groups excluding carboxylic acids is 4. The fourth-order valence-corrected chi connectivity index (χ4v) is 3.36. The quantitative estimate of drug-likeness (QED) is 0.388. The van der Waals surface area contributed by atoms with E-state index in [-0.39, 0.29) is 30.2 Å². The molecule has 3 amide bonds. The number of amides is 3. The van der Waals surface area contributed by atoms with Crippen LogP contribution < -0.4 is 5.32 Å². The summed E-state index contributed by atoms with van der Waals surface area (Å²) in [5.74, 6) is -0.315. The fourth-order valence-electron chi connectivity index (χ4n) is 3.36. The lowest BCUT2D eigenvalue weighted by molar-refractivity contribution is -0.140. The third-order valence-corrected chi connectivity index (χ3v) is 4.68. The van der Waals surface area contributed by atoms with Crippen LogP contribution in [-0.2, 0) is 19.2 Å². The molecule has 2 atom stereocenters. The van der Waals surface area contributed by atoms with E-state index in [9.17, 15) is 19.2 Å². The number of nitrogens with one attached hydrogen (secondary N) is 1. The van der Waals surface area contributed by atoms with Crippen LogP contribution in [0.1, 0.15) is 44.9 Å². The second-order valence-electron chi connectivity index (χ2n) is 6.17. The maximum Gasteiger partial charge on any atom is 0.247 e. The highest BCUT2D eigenvalue weighted by atomic mass is 16.2. The summed E-state index contributed by atoms with van der Waals surface area (Å²) in [6.07, 6.45) is 5.44. The fraction of sp³-hybridized carbons (Fsp3) is 0.750. The van der Waals surface area contributed by atoms with E-state index < -0.39 is 6.04 Å². The lowest BCUT2D eigenvalue weighted by atomic mass is 10.1. The van der Waals surface area contributed by atoms with Crippen molar-refractivity contribution in [2.24, 2.45) is 0 Å². The van der Waals surface area contributed by atoms with Crippen molar-refractivity contribution < 1.29 is 19.2 Å². The SMILES string of the molecule is CNC(=O)CCCCCN1C(=O)CC(N2CCC[C@H]2C=O)C1=O. The summed E-state index contributed by atoms with van der Waals surface area (Å²) in [6, 6.07) is -0.699. The van der Waals surface area contributed by atoms with Gasteiger partial charge in [0, 0.05) is 20.0 Å². The van der Waals surface area contributed by atoms with Crippen LogP contribution in [-0.4, -0.2) is 66.0 Å². The summed E-state index contributed by atoms with van der Waals surface area (Å²) in [7, 11) is 1.61. The molecule has 0 aromatic carbocycles. The Morgan fingerprint density at radius 2 is 2.09 bits per heavy atom. The van der Waals surface area contributed by atoms with Gasteiger partial charge in [-0.2, -0.15) is 0 Å². The first-order chi connectivity index (χ1) is 11.1. The molecule has 2 heterocycles. The summed E-state index contributed by atoms with van der Waals surface area (Å²) >= 11 is 0. The average Bonchev–Trinajstić information content (AvgIpc) is 3.12. The third kappa shape index (κ3) is 4.16. The largest absolute Gasteiger partial charge is 0.359 e. The predicted molar refractivity (Wildman–Crippen MR) is 83.5 cm³/mol. The highest BCUT2D eigenvalue weighted by Gasteiger charge is 2.44. The van der Waals surface area contributed by atoms with Gasteiger partial charge in [0.25, 0.3) is 0 Å². The Balaban J connectivity index is 1.80. The van der Waals surface area contributed by atoms with Crippen molar-refractivity contribution in [2.45, 2.75) is 57.0 Å². The van der Waals surface area contributed by atoms with Gasteiger partial charge in [0.1, 0.15) is 6.29 Å². The minimum Gasteiger partial charge on any atom is -0.359 e. The maximum absolute atomic E-state index is 12.5. The molecular formula is C16H25N3O4. The molecule has 0 aromatic heterocycles. The highest BCUT2D eigenvalue weighted by Crippen LogP contribution is 2.26. The minimum absolute atomic E-state index is 0.00678. The van der Waals surface area contributed by atoms with Crippen molar-refractivity contribution in [3.63, 3.8) is 0 Å². The first-order valence-corrected chi connectivity index (χ1v) is 8.34. The van der Waals surface area contributed by atoms with Crippen LogP contribution in [0.4, 0.5) is 0 Å². The molecule has 0 radical (unpaired) electrons. The molecule has 7 nitrogen and oxygen atoms in total. The molecule has 1 unspecified atom stereocenters. The van der Waals surface area contributed by atoms with E-state index in [1.165, 1.54) is 4.90 Å². The number of unbranched alkanes of at least 4 members (excludes halogenated alkanes) is 2. The van der Waals surface area contributed by atoms with Gasteiger partial charge in [-0.3, -0.25) is 24.2 Å². The number of carbonyl (C=O) groups is 4. The van der Waals surface area contributed by atoms with Crippen LogP contribution in [0.25, 0.3) is 0 Å². The first kappa shape index (κ1) is 17.6. The van der Waals surface area contributed by atoms with Crippen LogP contribution in [0.5, 0.6) is 0 Å². The summed E-state index contributed by atoms with van der Waals surface area (Å²) in [4.78, 5) is 50.0. The van der Waals surface area contributed by atoms with E-state index in [0.29, 0.717) is 25.9 Å². The number of rotatable bonds is 8. The van der Waals surface area contributed by atoms with Gasteiger partial charge >= 0.3 is 0 Å². The van der Waals surface area contributed by atoms with E-state index in [0.717, 1.165) is 32.0 Å². The van der Waals surface area contributed by atoms with Gasteiger partial charge in [-0.05, 0) is 32.2 Å². The Bertz CT molecular complexity index is 480. The third-order valence-electron chi connectivity index (χ3n) is 4.68. The Hall–Kier alpha value is -1.76. The van der Waals surface area contributed by atoms with Crippen molar-refractivity contribution in [1.29, 1.82) is 0 Å². The Labute approximate surface area is 136 Å². The molecule has 7 heteroatoms. The van der Waals surface area contributed by atoms with E-state index in [2.05, 4.69) is 5.32 Å². The van der Waals surface area contributed by atoms with Crippen LogP contribution >= 0.6 is 0 Å². The molecule has 2 saturated heterocycles. The second kappa shape index (κ2) is 8.19. The Kier molecular flexibility index (Phi) is 6.27. The number of hydrogen-bond donors (Lipinski definition) is 1. The number of aldehydes is 1. The number of hydrogen-bond acceptors (Lipinski definition) is 5. The van der Waals surface area contributed by atoms with E-state index >= 15 is 0 Å². The van der Waals surface area contributed by atoms with Crippen LogP contribution in [0.3, 0.4) is 0 Å². The van der Waals surface area contributed by atoms with Crippen molar-refractivity contribution in [3.05, 3.63) is 0 Å². The van der Waals surface area contributed by atoms with Crippen LogP contribution in [0.15, 0.2) is 0 Å². The minimum atomic E-state index is -0.467. The predicted octanol–water partition coefficient (Wildman–Crippen LogP) is 0.0836. The summed E-state index contributed by atoms with van der Waals surface area (Å²) in [5, 5.41) is 2.57. The number of likely N-dealkylation sites (tertiary alicyclic amines) is 2. The van der Waals surface area contributed by atoms with Crippen molar-refractivity contribution in [1.82, 2.24) is 15.1 Å². The number of nitrogens with zero attached hydrogens (tertiary/aromatic N) is 2. The average molecular weight is 323 g/mol. The van der Waals surface area contributed by atoms with Crippen molar-refractivity contribution in [3.8, 4) is 0 Å².